The second-order valence-corrected chi connectivity index (χ2v) is 4.98. The van der Waals surface area contributed by atoms with E-state index in [1.165, 1.54) is 6.07 Å². The number of fused-ring (bicyclic) bond motifs is 1. The van der Waals surface area contributed by atoms with Crippen LogP contribution in [0.4, 0.5) is 11.5 Å². The zero-order valence-corrected chi connectivity index (χ0v) is 12.4. The lowest BCUT2D eigenvalue weighted by Gasteiger charge is -2.09. The van der Waals surface area contributed by atoms with Crippen molar-refractivity contribution in [3.05, 3.63) is 60.4 Å². The van der Waals surface area contributed by atoms with E-state index < -0.39 is 5.97 Å². The van der Waals surface area contributed by atoms with E-state index in [1.54, 1.807) is 12.3 Å². The molecule has 116 valence electrons. The quantitative estimate of drug-likeness (QED) is 0.607. The summed E-state index contributed by atoms with van der Waals surface area (Å²) in [6, 6.07) is 14.7. The number of aromatic carboxylic acids is 1. The number of carbonyl (C=O) groups is 1. The van der Waals surface area contributed by atoms with Crippen molar-refractivity contribution in [2.24, 2.45) is 0 Å². The van der Waals surface area contributed by atoms with Gasteiger partial charge in [-0.05, 0) is 30.3 Å². The van der Waals surface area contributed by atoms with Crippen LogP contribution in [0.1, 0.15) is 10.5 Å². The zero-order valence-electron chi connectivity index (χ0n) is 12.4. The Morgan fingerprint density at radius 3 is 2.65 bits per heavy atom. The van der Waals surface area contributed by atoms with Crippen LogP contribution >= 0.6 is 0 Å². The van der Waals surface area contributed by atoms with E-state index in [1.807, 2.05) is 36.4 Å². The van der Waals surface area contributed by atoms with Gasteiger partial charge in [0, 0.05) is 30.4 Å². The molecule has 0 unspecified atom stereocenters. The lowest BCUT2D eigenvalue weighted by Crippen LogP contribution is -2.14. The first-order chi connectivity index (χ1) is 11.2. The van der Waals surface area contributed by atoms with Crippen molar-refractivity contribution < 1.29 is 9.90 Å². The molecule has 0 aliphatic carbocycles. The summed E-state index contributed by atoms with van der Waals surface area (Å²) in [6.45, 7) is 1.43. The average Bonchev–Trinajstić information content (AvgIpc) is 2.59. The maximum absolute atomic E-state index is 11.0. The lowest BCUT2D eigenvalue weighted by molar-refractivity contribution is 0.0691. The highest BCUT2D eigenvalue weighted by Crippen LogP contribution is 2.18. The summed E-state index contributed by atoms with van der Waals surface area (Å²) in [5, 5.41) is 16.4. The minimum atomic E-state index is -1.02. The molecule has 6 heteroatoms. The Morgan fingerprint density at radius 2 is 1.87 bits per heavy atom. The number of nitrogens with one attached hydrogen (secondary N) is 2. The molecule has 3 N–H and O–H groups in total. The Kier molecular flexibility index (Phi) is 4.33. The molecule has 23 heavy (non-hydrogen) atoms. The molecule has 0 saturated carbocycles. The van der Waals surface area contributed by atoms with Gasteiger partial charge >= 0.3 is 5.97 Å². The molecular weight excluding hydrogens is 292 g/mol. The first kappa shape index (κ1) is 14.8. The Hall–Kier alpha value is -3.15. The van der Waals surface area contributed by atoms with Gasteiger partial charge in [0.2, 0.25) is 0 Å². The van der Waals surface area contributed by atoms with Crippen molar-refractivity contribution in [3.8, 4) is 0 Å². The lowest BCUT2D eigenvalue weighted by atomic mass is 10.2. The normalized spacial score (nSPS) is 10.4. The van der Waals surface area contributed by atoms with Gasteiger partial charge in [-0.15, -0.1) is 0 Å². The van der Waals surface area contributed by atoms with Crippen LogP contribution in [-0.2, 0) is 0 Å². The van der Waals surface area contributed by atoms with E-state index in [-0.39, 0.29) is 5.69 Å². The van der Waals surface area contributed by atoms with Crippen LogP contribution in [-0.4, -0.2) is 34.1 Å². The maximum atomic E-state index is 11.0. The third-order valence-corrected chi connectivity index (χ3v) is 3.34. The van der Waals surface area contributed by atoms with Crippen LogP contribution in [0, 0.1) is 0 Å². The summed E-state index contributed by atoms with van der Waals surface area (Å²) >= 11 is 0. The van der Waals surface area contributed by atoms with Crippen LogP contribution in [0.25, 0.3) is 10.9 Å². The van der Waals surface area contributed by atoms with E-state index in [2.05, 4.69) is 20.6 Å². The average molecular weight is 308 g/mol. The summed E-state index contributed by atoms with van der Waals surface area (Å²) in [5.74, 6) is -0.189. The topological polar surface area (TPSA) is 87.1 Å². The maximum Gasteiger partial charge on any atom is 0.354 e. The summed E-state index contributed by atoms with van der Waals surface area (Å²) in [7, 11) is 0. The highest BCUT2D eigenvalue weighted by molar-refractivity contribution is 5.90. The second-order valence-electron chi connectivity index (χ2n) is 4.98. The number of nitrogens with zero attached hydrogens (tertiary/aromatic N) is 2. The summed E-state index contributed by atoms with van der Waals surface area (Å²) in [6.07, 6.45) is 1.74. The second kappa shape index (κ2) is 6.74. The predicted molar refractivity (Wildman–Crippen MR) is 89.9 cm³/mol. The monoisotopic (exact) mass is 308 g/mol. The number of aromatic nitrogens is 2. The fourth-order valence-electron chi connectivity index (χ4n) is 2.21. The molecule has 0 spiro atoms. The van der Waals surface area contributed by atoms with Crippen LogP contribution in [0.5, 0.6) is 0 Å². The van der Waals surface area contributed by atoms with E-state index in [0.29, 0.717) is 12.1 Å². The number of hydrogen-bond donors (Lipinski definition) is 3. The Labute approximate surface area is 133 Å². The molecule has 3 rings (SSSR count). The highest BCUT2D eigenvalue weighted by atomic mass is 16.4. The molecule has 0 bridgehead atoms. The van der Waals surface area contributed by atoms with Gasteiger partial charge in [-0.2, -0.15) is 0 Å². The Bertz CT molecular complexity index is 821. The van der Waals surface area contributed by atoms with Crippen molar-refractivity contribution in [1.82, 2.24) is 9.97 Å². The Morgan fingerprint density at radius 1 is 1.04 bits per heavy atom. The molecule has 0 aliphatic rings. The van der Waals surface area contributed by atoms with E-state index in [4.69, 9.17) is 5.11 Å². The number of carboxylic acids is 1. The highest BCUT2D eigenvalue weighted by Gasteiger charge is 2.05. The van der Waals surface area contributed by atoms with Crippen LogP contribution < -0.4 is 10.6 Å². The molecule has 2 heterocycles. The number of anilines is 2. The fraction of sp³-hybridized carbons (Fsp3) is 0.118. The molecule has 0 amide bonds. The smallest absolute Gasteiger partial charge is 0.354 e. The number of benzene rings is 1. The first-order valence-corrected chi connectivity index (χ1v) is 7.25. The van der Waals surface area contributed by atoms with Gasteiger partial charge in [-0.3, -0.25) is 0 Å². The van der Waals surface area contributed by atoms with Crippen molar-refractivity contribution in [3.63, 3.8) is 0 Å². The van der Waals surface area contributed by atoms with Gasteiger partial charge in [-0.1, -0.05) is 18.2 Å². The van der Waals surface area contributed by atoms with Crippen molar-refractivity contribution in [2.45, 2.75) is 0 Å². The van der Waals surface area contributed by atoms with Crippen molar-refractivity contribution in [2.75, 3.05) is 23.7 Å². The fourth-order valence-corrected chi connectivity index (χ4v) is 2.21. The molecular formula is C17H16N4O2. The van der Waals surface area contributed by atoms with Gasteiger partial charge in [0.25, 0.3) is 0 Å². The molecule has 6 nitrogen and oxygen atoms in total. The van der Waals surface area contributed by atoms with Gasteiger partial charge in [0.05, 0.1) is 5.52 Å². The Balaban J connectivity index is 1.62. The molecule has 0 fully saturated rings. The molecule has 0 aliphatic heterocycles. The standard InChI is InChI=1S/C17H16N4O2/c22-17(23)14-7-5-12-4-6-13(11-15(12)21-14)18-9-10-20-16-3-1-2-8-19-16/h1-8,11,18H,9-10H2,(H,19,20)(H,22,23). The summed E-state index contributed by atoms with van der Waals surface area (Å²) in [4.78, 5) is 19.3. The van der Waals surface area contributed by atoms with Gasteiger partial charge in [0.1, 0.15) is 11.5 Å². The molecule has 0 saturated heterocycles. The van der Waals surface area contributed by atoms with E-state index >= 15 is 0 Å². The van der Waals surface area contributed by atoms with Gasteiger partial charge in [0.15, 0.2) is 0 Å². The first-order valence-electron chi connectivity index (χ1n) is 7.25. The van der Waals surface area contributed by atoms with Gasteiger partial charge in [-0.25, -0.2) is 14.8 Å². The zero-order chi connectivity index (χ0) is 16.1. The largest absolute Gasteiger partial charge is 0.477 e. The predicted octanol–water partition coefficient (Wildman–Crippen LogP) is 2.85. The van der Waals surface area contributed by atoms with E-state index in [0.717, 1.165) is 23.4 Å². The summed E-state index contributed by atoms with van der Waals surface area (Å²) < 4.78 is 0. The van der Waals surface area contributed by atoms with Crippen molar-refractivity contribution in [1.29, 1.82) is 0 Å². The molecule has 2 aromatic heterocycles. The number of hydrogen-bond acceptors (Lipinski definition) is 5. The minimum Gasteiger partial charge on any atom is -0.477 e. The minimum absolute atomic E-state index is 0.0477. The third kappa shape index (κ3) is 3.74. The van der Waals surface area contributed by atoms with E-state index in [9.17, 15) is 4.79 Å². The third-order valence-electron chi connectivity index (χ3n) is 3.34. The van der Waals surface area contributed by atoms with Crippen LogP contribution in [0.15, 0.2) is 54.7 Å². The number of rotatable bonds is 6. The van der Waals surface area contributed by atoms with Gasteiger partial charge < -0.3 is 15.7 Å². The number of carboxylic acid groups (broad SMARTS) is 1. The SMILES string of the molecule is O=C(O)c1ccc2ccc(NCCNc3ccccn3)cc2n1. The van der Waals surface area contributed by atoms with Crippen molar-refractivity contribution >= 4 is 28.4 Å². The summed E-state index contributed by atoms with van der Waals surface area (Å²) in [5.41, 5.74) is 1.61. The molecule has 0 radical (unpaired) electrons. The van der Waals surface area contributed by atoms with Crippen LogP contribution in [0.2, 0.25) is 0 Å². The molecule has 1 aromatic carbocycles. The number of pyridine rings is 2. The van der Waals surface area contributed by atoms with Crippen LogP contribution in [0.3, 0.4) is 0 Å². The molecule has 3 aromatic rings. The molecule has 0 atom stereocenters.